The third-order valence-corrected chi connectivity index (χ3v) is 3.60. The van der Waals surface area contributed by atoms with E-state index in [-0.39, 0.29) is 11.7 Å². The second kappa shape index (κ2) is 9.46. The number of nitrogens with zero attached hydrogens (tertiary/aromatic N) is 1. The van der Waals surface area contributed by atoms with Crippen molar-refractivity contribution >= 4 is 29.4 Å². The number of hydrogen-bond donors (Lipinski definition) is 1. The SMILES string of the molecule is C=C(N=C(OC)C(CSC)NC(=O)OC(C)(C)C)c1cccc(F)c1. The molecule has 138 valence electrons. The largest absolute Gasteiger partial charge is 0.483 e. The van der Waals surface area contributed by atoms with E-state index in [0.717, 1.165) is 0 Å². The molecule has 1 atom stereocenters. The highest BCUT2D eigenvalue weighted by Crippen LogP contribution is 2.16. The monoisotopic (exact) mass is 368 g/mol. The average Bonchev–Trinajstić information content (AvgIpc) is 2.50. The zero-order valence-electron chi connectivity index (χ0n) is 15.3. The van der Waals surface area contributed by atoms with Crippen LogP contribution >= 0.6 is 11.8 Å². The molecular formula is C18H25FN2O3S. The van der Waals surface area contributed by atoms with Crippen molar-refractivity contribution in [1.82, 2.24) is 5.32 Å². The normalized spacial score (nSPS) is 13.1. The smallest absolute Gasteiger partial charge is 0.408 e. The summed E-state index contributed by atoms with van der Waals surface area (Å²) < 4.78 is 24.0. The van der Waals surface area contributed by atoms with Gasteiger partial charge in [0.1, 0.15) is 17.5 Å². The number of alkyl carbamates (subject to hydrolysis) is 1. The molecule has 0 heterocycles. The number of ether oxygens (including phenoxy) is 2. The number of aliphatic imine (C=N–C) groups is 1. The van der Waals surface area contributed by atoms with Gasteiger partial charge in [-0.2, -0.15) is 11.8 Å². The maximum atomic E-state index is 13.4. The van der Waals surface area contributed by atoms with Gasteiger partial charge in [-0.15, -0.1) is 0 Å². The summed E-state index contributed by atoms with van der Waals surface area (Å²) >= 11 is 1.52. The quantitative estimate of drug-likeness (QED) is 0.607. The standard InChI is InChI=1S/C18H25FN2O3S/c1-12(13-8-7-9-14(19)10-13)20-16(23-5)15(11-25-6)21-17(22)24-18(2,3)4/h7-10,15H,1,11H2,2-6H3,(H,21,22). The summed E-state index contributed by atoms with van der Waals surface area (Å²) in [6.07, 6.45) is 1.34. The first-order valence-corrected chi connectivity index (χ1v) is 9.11. The van der Waals surface area contributed by atoms with Crippen molar-refractivity contribution in [3.63, 3.8) is 0 Å². The van der Waals surface area contributed by atoms with E-state index in [9.17, 15) is 9.18 Å². The van der Waals surface area contributed by atoms with E-state index in [2.05, 4.69) is 16.9 Å². The number of carbonyl (C=O) groups excluding carboxylic acids is 1. The van der Waals surface area contributed by atoms with Gasteiger partial charge < -0.3 is 14.8 Å². The summed E-state index contributed by atoms with van der Waals surface area (Å²) in [6.45, 7) is 9.20. The van der Waals surface area contributed by atoms with Gasteiger partial charge in [0, 0.05) is 11.3 Å². The number of hydrogen-bond acceptors (Lipinski definition) is 5. The summed E-state index contributed by atoms with van der Waals surface area (Å²) in [5, 5.41) is 2.74. The van der Waals surface area contributed by atoms with Crippen LogP contribution in [-0.4, -0.2) is 42.8 Å². The van der Waals surface area contributed by atoms with Crippen molar-refractivity contribution in [2.45, 2.75) is 32.4 Å². The molecule has 0 fully saturated rings. The maximum Gasteiger partial charge on any atom is 0.408 e. The molecule has 0 spiro atoms. The lowest BCUT2D eigenvalue weighted by molar-refractivity contribution is 0.0518. The van der Waals surface area contributed by atoms with E-state index < -0.39 is 17.7 Å². The number of carbonyl (C=O) groups is 1. The molecule has 7 heteroatoms. The third-order valence-electron chi connectivity index (χ3n) is 2.93. The summed E-state index contributed by atoms with van der Waals surface area (Å²) in [7, 11) is 1.46. The Kier molecular flexibility index (Phi) is 7.96. The Hall–Kier alpha value is -2.02. The highest BCUT2D eigenvalue weighted by molar-refractivity contribution is 7.98. The first-order chi connectivity index (χ1) is 11.7. The second-order valence-corrected chi connectivity index (χ2v) is 7.18. The first kappa shape index (κ1) is 21.0. The molecule has 25 heavy (non-hydrogen) atoms. The molecule has 0 aliphatic heterocycles. The molecule has 0 bridgehead atoms. The minimum absolute atomic E-state index is 0.273. The Bertz CT molecular complexity index is 641. The van der Waals surface area contributed by atoms with Crippen LogP contribution in [0.4, 0.5) is 9.18 Å². The predicted octanol–water partition coefficient (Wildman–Crippen LogP) is 4.10. The van der Waals surface area contributed by atoms with Crippen LogP contribution in [0.25, 0.3) is 5.70 Å². The number of rotatable bonds is 6. The number of methoxy groups -OCH3 is 1. The zero-order valence-corrected chi connectivity index (χ0v) is 16.1. The molecule has 1 N–H and O–H groups in total. The van der Waals surface area contributed by atoms with E-state index in [1.807, 2.05) is 6.26 Å². The summed E-state index contributed by atoms with van der Waals surface area (Å²) in [4.78, 5) is 16.4. The molecule has 0 saturated carbocycles. The minimum atomic E-state index is -0.608. The molecule has 1 unspecified atom stereocenters. The van der Waals surface area contributed by atoms with Gasteiger partial charge in [-0.05, 0) is 39.2 Å². The molecule has 0 aliphatic carbocycles. The van der Waals surface area contributed by atoms with E-state index in [1.165, 1.54) is 31.0 Å². The number of halogens is 1. The van der Waals surface area contributed by atoms with Crippen LogP contribution in [0.1, 0.15) is 26.3 Å². The topological polar surface area (TPSA) is 59.9 Å². The van der Waals surface area contributed by atoms with Crippen LogP contribution in [0.3, 0.4) is 0 Å². The predicted molar refractivity (Wildman–Crippen MR) is 101 cm³/mol. The van der Waals surface area contributed by atoms with E-state index >= 15 is 0 Å². The number of benzene rings is 1. The highest BCUT2D eigenvalue weighted by Gasteiger charge is 2.23. The van der Waals surface area contributed by atoms with Crippen molar-refractivity contribution < 1.29 is 18.7 Å². The van der Waals surface area contributed by atoms with Gasteiger partial charge in [0.15, 0.2) is 0 Å². The lowest BCUT2D eigenvalue weighted by Gasteiger charge is -2.23. The molecule has 1 rings (SSSR count). The first-order valence-electron chi connectivity index (χ1n) is 7.72. The van der Waals surface area contributed by atoms with Gasteiger partial charge >= 0.3 is 6.09 Å². The van der Waals surface area contributed by atoms with Gasteiger partial charge in [0.05, 0.1) is 12.8 Å². The molecule has 1 aromatic carbocycles. The van der Waals surface area contributed by atoms with Crippen molar-refractivity contribution in [2.75, 3.05) is 19.1 Å². The lowest BCUT2D eigenvalue weighted by atomic mass is 10.2. The number of nitrogens with one attached hydrogen (secondary N) is 1. The fourth-order valence-electron chi connectivity index (χ4n) is 1.92. The van der Waals surface area contributed by atoms with Crippen molar-refractivity contribution in [2.24, 2.45) is 4.99 Å². The van der Waals surface area contributed by atoms with Crippen LogP contribution in [0.15, 0.2) is 35.8 Å². The summed E-state index contributed by atoms with van der Waals surface area (Å²) in [5.74, 6) is 0.428. The van der Waals surface area contributed by atoms with Crippen molar-refractivity contribution in [3.8, 4) is 0 Å². The third kappa shape index (κ3) is 7.60. The van der Waals surface area contributed by atoms with E-state index in [4.69, 9.17) is 9.47 Å². The Morgan fingerprint density at radius 3 is 2.64 bits per heavy atom. The fourth-order valence-corrected chi connectivity index (χ4v) is 2.48. The zero-order chi connectivity index (χ0) is 19.0. The van der Waals surface area contributed by atoms with Gasteiger partial charge in [-0.3, -0.25) is 0 Å². The summed E-state index contributed by atoms with van der Waals surface area (Å²) in [6, 6.07) is 5.46. The van der Waals surface area contributed by atoms with Crippen LogP contribution < -0.4 is 5.32 Å². The fraction of sp³-hybridized carbons (Fsp3) is 0.444. The molecule has 5 nitrogen and oxygen atoms in total. The van der Waals surface area contributed by atoms with E-state index in [0.29, 0.717) is 17.0 Å². The molecule has 1 aromatic rings. The Morgan fingerprint density at radius 2 is 2.12 bits per heavy atom. The Labute approximate surface area is 152 Å². The molecule has 0 aromatic heterocycles. The molecule has 0 radical (unpaired) electrons. The van der Waals surface area contributed by atoms with Crippen LogP contribution in [0.2, 0.25) is 0 Å². The number of thioether (sulfide) groups is 1. The summed E-state index contributed by atoms with van der Waals surface area (Å²) in [5.41, 5.74) is 0.270. The van der Waals surface area contributed by atoms with Crippen LogP contribution in [-0.2, 0) is 9.47 Å². The van der Waals surface area contributed by atoms with Crippen molar-refractivity contribution in [1.29, 1.82) is 0 Å². The highest BCUT2D eigenvalue weighted by atomic mass is 32.2. The molecular weight excluding hydrogens is 343 g/mol. The maximum absolute atomic E-state index is 13.4. The van der Waals surface area contributed by atoms with Gasteiger partial charge in [-0.1, -0.05) is 18.7 Å². The molecule has 0 saturated heterocycles. The Morgan fingerprint density at radius 1 is 1.44 bits per heavy atom. The van der Waals surface area contributed by atoms with Crippen LogP contribution in [0.5, 0.6) is 0 Å². The average molecular weight is 368 g/mol. The second-order valence-electron chi connectivity index (χ2n) is 6.27. The Balaban J connectivity index is 2.97. The van der Waals surface area contributed by atoms with Crippen LogP contribution in [0, 0.1) is 5.82 Å². The lowest BCUT2D eigenvalue weighted by Crippen LogP contribution is -2.45. The molecule has 1 amide bonds. The van der Waals surface area contributed by atoms with Crippen molar-refractivity contribution in [3.05, 3.63) is 42.2 Å². The van der Waals surface area contributed by atoms with Gasteiger partial charge in [-0.25, -0.2) is 14.2 Å². The van der Waals surface area contributed by atoms with E-state index in [1.54, 1.807) is 32.9 Å². The molecule has 0 aliphatic rings. The number of amides is 1. The minimum Gasteiger partial charge on any atom is -0.483 e. The van der Waals surface area contributed by atoms with Gasteiger partial charge in [0.25, 0.3) is 0 Å². The van der Waals surface area contributed by atoms with Gasteiger partial charge in [0.2, 0.25) is 5.90 Å².